The molecule has 1 aliphatic rings. The van der Waals surface area contributed by atoms with Crippen LogP contribution in [-0.2, 0) is 20.7 Å². The Labute approximate surface area is 161 Å². The highest BCUT2D eigenvalue weighted by molar-refractivity contribution is 9.10. The van der Waals surface area contributed by atoms with Gasteiger partial charge in [-0.2, -0.15) is 0 Å². The van der Waals surface area contributed by atoms with Crippen molar-refractivity contribution in [1.82, 2.24) is 0 Å². The largest absolute Gasteiger partial charge is 0.493 e. The molecule has 0 aliphatic carbocycles. The molecule has 0 saturated heterocycles. The number of amides is 1. The monoisotopic (exact) mass is 417 g/mol. The molecule has 136 valence electrons. The van der Waals surface area contributed by atoms with Gasteiger partial charge in [0, 0.05) is 16.7 Å². The zero-order valence-electron chi connectivity index (χ0n) is 14.3. The Hall–Kier alpha value is -2.34. The third kappa shape index (κ3) is 4.85. The van der Waals surface area contributed by atoms with Crippen molar-refractivity contribution in [3.8, 4) is 5.75 Å². The molecule has 0 bridgehead atoms. The predicted molar refractivity (Wildman–Crippen MR) is 102 cm³/mol. The van der Waals surface area contributed by atoms with Crippen LogP contribution in [0, 0.1) is 0 Å². The Kier molecular flexibility index (Phi) is 6.28. The number of halogens is 1. The van der Waals surface area contributed by atoms with Gasteiger partial charge in [-0.15, -0.1) is 0 Å². The van der Waals surface area contributed by atoms with Crippen molar-refractivity contribution in [2.75, 3.05) is 24.7 Å². The van der Waals surface area contributed by atoms with Crippen molar-refractivity contribution >= 4 is 33.5 Å². The molecule has 1 aliphatic heterocycles. The molecular formula is C20H20BrNO4. The SMILES string of the molecule is O=C(CCOc1cccc(Br)c1)OCC(=O)N1CCCc2ccccc21. The first-order valence-corrected chi connectivity index (χ1v) is 9.35. The minimum atomic E-state index is -0.446. The zero-order chi connectivity index (χ0) is 18.4. The van der Waals surface area contributed by atoms with Gasteiger partial charge in [0.1, 0.15) is 5.75 Å². The lowest BCUT2D eigenvalue weighted by Crippen LogP contribution is -2.38. The van der Waals surface area contributed by atoms with Gasteiger partial charge in [-0.25, -0.2) is 0 Å². The molecule has 0 radical (unpaired) electrons. The number of nitrogens with zero attached hydrogens (tertiary/aromatic N) is 1. The summed E-state index contributed by atoms with van der Waals surface area (Å²) in [6.45, 7) is 0.611. The Morgan fingerprint density at radius 2 is 1.96 bits per heavy atom. The summed E-state index contributed by atoms with van der Waals surface area (Å²) in [5, 5.41) is 0. The van der Waals surface area contributed by atoms with Crippen LogP contribution >= 0.6 is 15.9 Å². The molecular weight excluding hydrogens is 398 g/mol. The van der Waals surface area contributed by atoms with Gasteiger partial charge >= 0.3 is 5.97 Å². The third-order valence-electron chi connectivity index (χ3n) is 4.14. The number of benzene rings is 2. The number of rotatable bonds is 6. The van der Waals surface area contributed by atoms with Gasteiger partial charge in [-0.05, 0) is 42.7 Å². The van der Waals surface area contributed by atoms with Crippen molar-refractivity contribution in [1.29, 1.82) is 0 Å². The van der Waals surface area contributed by atoms with Gasteiger partial charge in [0.2, 0.25) is 0 Å². The summed E-state index contributed by atoms with van der Waals surface area (Å²) < 4.78 is 11.5. The van der Waals surface area contributed by atoms with Gasteiger partial charge < -0.3 is 14.4 Å². The topological polar surface area (TPSA) is 55.8 Å². The van der Waals surface area contributed by atoms with Crippen LogP contribution in [0.3, 0.4) is 0 Å². The first-order chi connectivity index (χ1) is 12.6. The van der Waals surface area contributed by atoms with Crippen LogP contribution in [0.2, 0.25) is 0 Å². The second-order valence-electron chi connectivity index (χ2n) is 5.99. The van der Waals surface area contributed by atoms with Gasteiger partial charge in [0.15, 0.2) is 6.61 Å². The number of carbonyl (C=O) groups excluding carboxylic acids is 2. The summed E-state index contributed by atoms with van der Waals surface area (Å²) in [5.74, 6) is 0.0326. The summed E-state index contributed by atoms with van der Waals surface area (Å²) in [6, 6.07) is 15.2. The van der Waals surface area contributed by atoms with Gasteiger partial charge in [-0.3, -0.25) is 9.59 Å². The van der Waals surface area contributed by atoms with E-state index in [1.165, 1.54) is 0 Å². The summed E-state index contributed by atoms with van der Waals surface area (Å²) >= 11 is 3.36. The van der Waals surface area contributed by atoms with E-state index in [1.807, 2.05) is 48.5 Å². The Morgan fingerprint density at radius 1 is 1.12 bits per heavy atom. The van der Waals surface area contributed by atoms with E-state index in [9.17, 15) is 9.59 Å². The number of carbonyl (C=O) groups is 2. The van der Waals surface area contributed by atoms with E-state index in [1.54, 1.807) is 4.90 Å². The lowest BCUT2D eigenvalue weighted by Gasteiger charge is -2.29. The van der Waals surface area contributed by atoms with Crippen molar-refractivity contribution in [2.45, 2.75) is 19.3 Å². The number of ether oxygens (including phenoxy) is 2. The minimum absolute atomic E-state index is 0.0936. The van der Waals surface area contributed by atoms with E-state index in [-0.39, 0.29) is 25.5 Å². The number of hydrogen-bond acceptors (Lipinski definition) is 4. The molecule has 0 atom stereocenters. The maximum absolute atomic E-state index is 12.4. The molecule has 5 nitrogen and oxygen atoms in total. The van der Waals surface area contributed by atoms with Crippen molar-refractivity contribution in [2.24, 2.45) is 0 Å². The van der Waals surface area contributed by atoms with E-state index >= 15 is 0 Å². The lowest BCUT2D eigenvalue weighted by atomic mass is 10.0. The Morgan fingerprint density at radius 3 is 2.81 bits per heavy atom. The number of hydrogen-bond donors (Lipinski definition) is 0. The van der Waals surface area contributed by atoms with E-state index < -0.39 is 5.97 Å². The molecule has 3 rings (SSSR count). The fraction of sp³-hybridized carbons (Fsp3) is 0.300. The molecule has 0 spiro atoms. The normalized spacial score (nSPS) is 13.0. The highest BCUT2D eigenvalue weighted by Gasteiger charge is 2.22. The molecule has 0 fully saturated rings. The lowest BCUT2D eigenvalue weighted by molar-refractivity contribution is -0.148. The van der Waals surface area contributed by atoms with E-state index in [2.05, 4.69) is 15.9 Å². The zero-order valence-corrected chi connectivity index (χ0v) is 15.9. The fourth-order valence-corrected chi connectivity index (χ4v) is 3.27. The van der Waals surface area contributed by atoms with Crippen LogP contribution in [0.5, 0.6) is 5.75 Å². The quantitative estimate of drug-likeness (QED) is 0.671. The molecule has 0 unspecified atom stereocenters. The summed E-state index contributed by atoms with van der Waals surface area (Å²) in [4.78, 5) is 26.0. The standard InChI is InChI=1S/C20H20BrNO4/c21-16-7-3-8-17(13-16)25-12-10-20(24)26-14-19(23)22-11-4-6-15-5-1-2-9-18(15)22/h1-3,5,7-9,13H,4,6,10-12,14H2. The maximum Gasteiger partial charge on any atom is 0.309 e. The van der Waals surface area contributed by atoms with Gasteiger partial charge in [0.25, 0.3) is 5.91 Å². The van der Waals surface area contributed by atoms with Crippen LogP contribution in [0.1, 0.15) is 18.4 Å². The van der Waals surface area contributed by atoms with Crippen LogP contribution in [0.4, 0.5) is 5.69 Å². The summed E-state index contributed by atoms with van der Waals surface area (Å²) in [5.41, 5.74) is 2.07. The Balaban J connectivity index is 1.44. The molecule has 1 amide bonds. The minimum Gasteiger partial charge on any atom is -0.493 e. The first-order valence-electron chi connectivity index (χ1n) is 8.56. The maximum atomic E-state index is 12.4. The molecule has 0 aromatic heterocycles. The third-order valence-corrected chi connectivity index (χ3v) is 4.63. The van der Waals surface area contributed by atoms with Crippen molar-refractivity contribution in [3.05, 3.63) is 58.6 Å². The van der Waals surface area contributed by atoms with Crippen LogP contribution in [0.15, 0.2) is 53.0 Å². The van der Waals surface area contributed by atoms with Gasteiger partial charge in [-0.1, -0.05) is 40.2 Å². The summed E-state index contributed by atoms with van der Waals surface area (Å²) in [7, 11) is 0. The molecule has 0 saturated carbocycles. The highest BCUT2D eigenvalue weighted by Crippen LogP contribution is 2.26. The van der Waals surface area contributed by atoms with Crippen molar-refractivity contribution in [3.63, 3.8) is 0 Å². The molecule has 26 heavy (non-hydrogen) atoms. The van der Waals surface area contributed by atoms with Crippen LogP contribution < -0.4 is 9.64 Å². The van der Waals surface area contributed by atoms with E-state index in [0.717, 1.165) is 28.6 Å². The van der Waals surface area contributed by atoms with E-state index in [4.69, 9.17) is 9.47 Å². The number of anilines is 1. The molecule has 0 N–H and O–H groups in total. The average molecular weight is 418 g/mol. The number of fused-ring (bicyclic) bond motifs is 1. The average Bonchev–Trinajstić information content (AvgIpc) is 2.66. The smallest absolute Gasteiger partial charge is 0.309 e. The molecule has 2 aromatic rings. The number of aryl methyl sites for hydroxylation is 1. The molecule has 6 heteroatoms. The highest BCUT2D eigenvalue weighted by atomic mass is 79.9. The van der Waals surface area contributed by atoms with Crippen LogP contribution in [0.25, 0.3) is 0 Å². The molecule has 1 heterocycles. The van der Waals surface area contributed by atoms with E-state index in [0.29, 0.717) is 12.3 Å². The fourth-order valence-electron chi connectivity index (χ4n) is 2.89. The molecule has 2 aromatic carbocycles. The summed E-state index contributed by atoms with van der Waals surface area (Å²) in [6.07, 6.45) is 1.97. The second-order valence-corrected chi connectivity index (χ2v) is 6.91. The Bertz CT molecular complexity index is 793. The second kappa shape index (κ2) is 8.85. The first kappa shape index (κ1) is 18.5. The van der Waals surface area contributed by atoms with Gasteiger partial charge in [0.05, 0.1) is 13.0 Å². The van der Waals surface area contributed by atoms with Crippen LogP contribution in [-0.4, -0.2) is 31.6 Å². The predicted octanol–water partition coefficient (Wildman–Crippen LogP) is 3.74. The number of esters is 1. The van der Waals surface area contributed by atoms with Crippen molar-refractivity contribution < 1.29 is 19.1 Å². The number of para-hydroxylation sites is 1.